The number of nitrogens with one attached hydrogen (secondary N) is 1. The van der Waals surface area contributed by atoms with Crippen LogP contribution in [0, 0.1) is 13.8 Å². The maximum atomic E-state index is 4.91. The topological polar surface area (TPSA) is 28.2 Å². The summed E-state index contributed by atoms with van der Waals surface area (Å²) < 4.78 is 0. The van der Waals surface area contributed by atoms with E-state index in [2.05, 4.69) is 44.0 Å². The van der Waals surface area contributed by atoms with Gasteiger partial charge in [0.2, 0.25) is 0 Å². The van der Waals surface area contributed by atoms with Gasteiger partial charge in [-0.1, -0.05) is 20.3 Å². The Hall–Kier alpha value is -1.09. The van der Waals surface area contributed by atoms with Crippen molar-refractivity contribution in [1.82, 2.24) is 10.3 Å². The highest BCUT2D eigenvalue weighted by atomic mass is 15.2. The molecule has 3 heteroatoms. The highest BCUT2D eigenvalue weighted by molar-refractivity contribution is 5.53. The van der Waals surface area contributed by atoms with E-state index in [1.807, 2.05) is 0 Å². The second-order valence-corrected chi connectivity index (χ2v) is 6.34. The van der Waals surface area contributed by atoms with E-state index in [9.17, 15) is 0 Å². The van der Waals surface area contributed by atoms with Gasteiger partial charge in [0.1, 0.15) is 5.82 Å². The predicted octanol–water partition coefficient (Wildman–Crippen LogP) is 3.97. The molecule has 0 aromatic carbocycles. The Kier molecular flexibility index (Phi) is 6.04. The van der Waals surface area contributed by atoms with Crippen LogP contribution in [0.2, 0.25) is 0 Å². The average Bonchev–Trinajstić information content (AvgIpc) is 3.26. The monoisotopic (exact) mass is 289 g/mol. The van der Waals surface area contributed by atoms with E-state index in [4.69, 9.17) is 4.98 Å². The first kappa shape index (κ1) is 16.3. The molecule has 0 aliphatic heterocycles. The number of hydrogen-bond donors (Lipinski definition) is 1. The van der Waals surface area contributed by atoms with Crippen molar-refractivity contribution in [3.63, 3.8) is 0 Å². The molecule has 1 aromatic rings. The average molecular weight is 289 g/mol. The van der Waals surface area contributed by atoms with E-state index in [0.29, 0.717) is 0 Å². The van der Waals surface area contributed by atoms with Crippen molar-refractivity contribution in [3.05, 3.63) is 22.9 Å². The molecule has 1 fully saturated rings. The quantitative estimate of drug-likeness (QED) is 0.697. The summed E-state index contributed by atoms with van der Waals surface area (Å²) in [6, 6.07) is 2.95. The summed E-state index contributed by atoms with van der Waals surface area (Å²) in [5.41, 5.74) is 3.92. The number of aryl methyl sites for hydroxylation is 2. The van der Waals surface area contributed by atoms with Crippen molar-refractivity contribution in [2.45, 2.75) is 72.4 Å². The molecule has 1 aliphatic carbocycles. The van der Waals surface area contributed by atoms with Crippen LogP contribution in [0.4, 0.5) is 5.82 Å². The van der Waals surface area contributed by atoms with Gasteiger partial charge in [0.05, 0.1) is 0 Å². The van der Waals surface area contributed by atoms with Gasteiger partial charge >= 0.3 is 0 Å². The zero-order chi connectivity index (χ0) is 15.2. The second kappa shape index (κ2) is 7.79. The molecule has 0 bridgehead atoms. The van der Waals surface area contributed by atoms with Crippen LogP contribution in [0.25, 0.3) is 0 Å². The molecule has 0 unspecified atom stereocenters. The molecule has 1 heterocycles. The molecule has 118 valence electrons. The zero-order valence-corrected chi connectivity index (χ0v) is 14.2. The number of unbranched alkanes of at least 4 members (excludes halogenated alkanes) is 1. The minimum atomic E-state index is 0.732. The van der Waals surface area contributed by atoms with Crippen LogP contribution in [0.1, 0.15) is 62.8 Å². The first-order chi connectivity index (χ1) is 10.2. The Morgan fingerprint density at radius 2 is 2.00 bits per heavy atom. The maximum Gasteiger partial charge on any atom is 0.133 e. The maximum absolute atomic E-state index is 4.91. The van der Waals surface area contributed by atoms with E-state index >= 15 is 0 Å². The molecule has 1 N–H and O–H groups in total. The summed E-state index contributed by atoms with van der Waals surface area (Å²) in [6.45, 7) is 12.0. The summed E-state index contributed by atoms with van der Waals surface area (Å²) >= 11 is 0. The van der Waals surface area contributed by atoms with E-state index < -0.39 is 0 Å². The highest BCUT2D eigenvalue weighted by Gasteiger charge is 2.31. The largest absolute Gasteiger partial charge is 0.353 e. The highest BCUT2D eigenvalue weighted by Crippen LogP contribution is 2.34. The molecule has 0 saturated heterocycles. The molecule has 0 atom stereocenters. The Balaban J connectivity index is 2.24. The summed E-state index contributed by atoms with van der Waals surface area (Å²) in [7, 11) is 0. The van der Waals surface area contributed by atoms with Gasteiger partial charge in [-0.15, -0.1) is 0 Å². The lowest BCUT2D eigenvalue weighted by Gasteiger charge is -2.27. The van der Waals surface area contributed by atoms with E-state index in [0.717, 1.165) is 31.4 Å². The third-order valence-electron chi connectivity index (χ3n) is 4.19. The number of rotatable bonds is 9. The third-order valence-corrected chi connectivity index (χ3v) is 4.19. The minimum absolute atomic E-state index is 0.732. The molecule has 1 aromatic heterocycles. The summed E-state index contributed by atoms with van der Waals surface area (Å²) in [5.74, 6) is 1.24. The molecule has 0 amide bonds. The van der Waals surface area contributed by atoms with Crippen LogP contribution in [-0.2, 0) is 6.54 Å². The van der Waals surface area contributed by atoms with Crippen molar-refractivity contribution in [3.8, 4) is 0 Å². The van der Waals surface area contributed by atoms with Crippen molar-refractivity contribution >= 4 is 5.82 Å². The van der Waals surface area contributed by atoms with Gasteiger partial charge in [-0.05, 0) is 57.7 Å². The second-order valence-electron chi connectivity index (χ2n) is 6.34. The smallest absolute Gasteiger partial charge is 0.133 e. The molecular weight excluding hydrogens is 258 g/mol. The van der Waals surface area contributed by atoms with Gasteiger partial charge in [0.25, 0.3) is 0 Å². The van der Waals surface area contributed by atoms with Crippen molar-refractivity contribution in [2.75, 3.05) is 18.0 Å². The van der Waals surface area contributed by atoms with E-state index in [1.54, 1.807) is 0 Å². The zero-order valence-electron chi connectivity index (χ0n) is 14.2. The predicted molar refractivity (Wildman–Crippen MR) is 91.0 cm³/mol. The fourth-order valence-corrected chi connectivity index (χ4v) is 2.87. The van der Waals surface area contributed by atoms with Crippen molar-refractivity contribution in [2.24, 2.45) is 0 Å². The van der Waals surface area contributed by atoms with Gasteiger partial charge < -0.3 is 10.2 Å². The first-order valence-corrected chi connectivity index (χ1v) is 8.61. The summed E-state index contributed by atoms with van der Waals surface area (Å²) in [5, 5.41) is 3.56. The molecule has 21 heavy (non-hydrogen) atoms. The number of hydrogen-bond acceptors (Lipinski definition) is 3. The Bertz CT molecular complexity index is 452. The molecule has 0 spiro atoms. The number of pyridine rings is 1. The number of nitrogens with zero attached hydrogens (tertiary/aromatic N) is 2. The Morgan fingerprint density at radius 3 is 2.62 bits per heavy atom. The molecule has 0 radical (unpaired) electrons. The number of anilines is 1. The van der Waals surface area contributed by atoms with Crippen LogP contribution < -0.4 is 10.2 Å². The standard InChI is InChI=1S/C18H31N3/c1-5-7-11-21(16-8-9-16)18-17(13-19-10-6-2)14(3)12-15(4)20-18/h12,16,19H,5-11,13H2,1-4H3. The fourth-order valence-electron chi connectivity index (χ4n) is 2.87. The Labute approximate surface area is 130 Å². The summed E-state index contributed by atoms with van der Waals surface area (Å²) in [4.78, 5) is 7.49. The molecular formula is C18H31N3. The van der Waals surface area contributed by atoms with Crippen LogP contribution in [0.15, 0.2) is 6.07 Å². The van der Waals surface area contributed by atoms with Gasteiger partial charge in [-0.3, -0.25) is 0 Å². The number of aromatic nitrogens is 1. The van der Waals surface area contributed by atoms with Gasteiger partial charge in [-0.25, -0.2) is 4.98 Å². The lowest BCUT2D eigenvalue weighted by atomic mass is 10.1. The molecule has 1 aliphatic rings. The van der Waals surface area contributed by atoms with E-state index in [-0.39, 0.29) is 0 Å². The lowest BCUT2D eigenvalue weighted by molar-refractivity contribution is 0.657. The SMILES string of the molecule is CCCCN(c1nc(C)cc(C)c1CNCCC)C1CC1. The third kappa shape index (κ3) is 4.44. The van der Waals surface area contributed by atoms with Gasteiger partial charge in [0.15, 0.2) is 0 Å². The Morgan fingerprint density at radius 1 is 1.24 bits per heavy atom. The van der Waals surface area contributed by atoms with Gasteiger partial charge in [0, 0.05) is 30.4 Å². The minimum Gasteiger partial charge on any atom is -0.353 e. The molecule has 2 rings (SSSR count). The first-order valence-electron chi connectivity index (χ1n) is 8.61. The van der Waals surface area contributed by atoms with Crippen LogP contribution in [-0.4, -0.2) is 24.1 Å². The fraction of sp³-hybridized carbons (Fsp3) is 0.722. The van der Waals surface area contributed by atoms with Crippen molar-refractivity contribution < 1.29 is 0 Å². The summed E-state index contributed by atoms with van der Waals surface area (Å²) in [6.07, 6.45) is 6.35. The normalized spacial score (nSPS) is 14.5. The molecule has 1 saturated carbocycles. The van der Waals surface area contributed by atoms with Crippen LogP contribution in [0.3, 0.4) is 0 Å². The van der Waals surface area contributed by atoms with Crippen LogP contribution >= 0.6 is 0 Å². The lowest BCUT2D eigenvalue weighted by Crippen LogP contribution is -2.30. The van der Waals surface area contributed by atoms with Crippen LogP contribution in [0.5, 0.6) is 0 Å². The molecule has 3 nitrogen and oxygen atoms in total. The van der Waals surface area contributed by atoms with Crippen molar-refractivity contribution in [1.29, 1.82) is 0 Å². The van der Waals surface area contributed by atoms with E-state index in [1.165, 1.54) is 49.0 Å². The van der Waals surface area contributed by atoms with Gasteiger partial charge in [-0.2, -0.15) is 0 Å².